The zero-order valence-electron chi connectivity index (χ0n) is 15.7. The highest BCUT2D eigenvalue weighted by Gasteiger charge is 2.14. The van der Waals surface area contributed by atoms with Crippen LogP contribution in [-0.4, -0.2) is 35.1 Å². The fourth-order valence-electron chi connectivity index (χ4n) is 2.91. The van der Waals surface area contributed by atoms with Crippen molar-refractivity contribution < 1.29 is 12.6 Å². The van der Waals surface area contributed by atoms with E-state index in [2.05, 4.69) is 25.2 Å². The van der Waals surface area contributed by atoms with Crippen LogP contribution >= 0.6 is 0 Å². The molecule has 0 saturated carbocycles. The molecule has 0 atom stereocenters. The SMILES string of the molecule is CN(c1ccc(C#N)c(-c2ccc(OS(N)(=O)=O)cc2)n1)n1cnc2cccnc21. The standard InChI is InChI=1S/C19H15N7O3S/c1-25(26-12-23-16-3-2-10-22-19(16)26)17-9-6-14(11-20)18(24-17)13-4-7-15(8-5-13)29-30(21,27)28/h2-10,12H,1H3,(H2,21,27,28). The summed E-state index contributed by atoms with van der Waals surface area (Å²) in [6.07, 6.45) is 3.31. The number of benzene rings is 1. The highest BCUT2D eigenvalue weighted by molar-refractivity contribution is 7.84. The fourth-order valence-corrected chi connectivity index (χ4v) is 3.29. The van der Waals surface area contributed by atoms with Crippen molar-refractivity contribution in [1.29, 1.82) is 5.26 Å². The van der Waals surface area contributed by atoms with E-state index in [1.807, 2.05) is 6.07 Å². The molecule has 30 heavy (non-hydrogen) atoms. The number of hydrogen-bond acceptors (Lipinski definition) is 8. The highest BCUT2D eigenvalue weighted by Crippen LogP contribution is 2.27. The second kappa shape index (κ2) is 7.43. The third-order valence-corrected chi connectivity index (χ3v) is 4.71. The first-order valence-corrected chi connectivity index (χ1v) is 10.1. The van der Waals surface area contributed by atoms with Gasteiger partial charge < -0.3 is 4.18 Å². The summed E-state index contributed by atoms with van der Waals surface area (Å²) in [5, 5.41) is 16.1. The molecule has 1 aromatic carbocycles. The smallest absolute Gasteiger partial charge is 0.371 e. The first kappa shape index (κ1) is 19.3. The topological polar surface area (TPSA) is 140 Å². The Hall–Kier alpha value is -4.01. The molecular weight excluding hydrogens is 406 g/mol. The van der Waals surface area contributed by atoms with Gasteiger partial charge in [-0.3, -0.25) is 5.01 Å². The Morgan fingerprint density at radius 3 is 2.60 bits per heavy atom. The van der Waals surface area contributed by atoms with Crippen molar-refractivity contribution in [2.45, 2.75) is 0 Å². The molecule has 0 aliphatic rings. The van der Waals surface area contributed by atoms with Gasteiger partial charge in [0.15, 0.2) is 5.65 Å². The quantitative estimate of drug-likeness (QED) is 0.515. The van der Waals surface area contributed by atoms with E-state index >= 15 is 0 Å². The number of nitriles is 1. The molecule has 0 unspecified atom stereocenters. The zero-order chi connectivity index (χ0) is 21.3. The molecule has 150 valence electrons. The predicted octanol–water partition coefficient (Wildman–Crippen LogP) is 1.85. The van der Waals surface area contributed by atoms with Gasteiger partial charge in [-0.1, -0.05) is 0 Å². The lowest BCUT2D eigenvalue weighted by Gasteiger charge is -2.20. The third-order valence-electron chi connectivity index (χ3n) is 4.29. The highest BCUT2D eigenvalue weighted by atomic mass is 32.2. The van der Waals surface area contributed by atoms with Crippen LogP contribution in [0.15, 0.2) is 61.1 Å². The van der Waals surface area contributed by atoms with Crippen molar-refractivity contribution in [2.24, 2.45) is 5.14 Å². The molecule has 3 aromatic heterocycles. The number of nitrogens with two attached hydrogens (primary N) is 1. The Bertz CT molecular complexity index is 1380. The minimum absolute atomic E-state index is 0.0592. The van der Waals surface area contributed by atoms with Gasteiger partial charge in [0.25, 0.3) is 0 Å². The molecule has 0 aliphatic heterocycles. The Balaban J connectivity index is 1.73. The molecular formula is C19H15N7O3S. The van der Waals surface area contributed by atoms with Gasteiger partial charge in [-0.05, 0) is 48.5 Å². The molecule has 0 fully saturated rings. The first-order chi connectivity index (χ1) is 14.4. The Kier molecular flexibility index (Phi) is 4.78. The molecule has 0 amide bonds. The van der Waals surface area contributed by atoms with Crippen LogP contribution in [-0.2, 0) is 10.3 Å². The van der Waals surface area contributed by atoms with Crippen molar-refractivity contribution in [3.63, 3.8) is 0 Å². The van der Waals surface area contributed by atoms with Crippen molar-refractivity contribution in [1.82, 2.24) is 19.6 Å². The second-order valence-electron chi connectivity index (χ2n) is 6.24. The number of imidazole rings is 1. The molecule has 4 rings (SSSR count). The summed E-state index contributed by atoms with van der Waals surface area (Å²) in [6.45, 7) is 0. The normalized spacial score (nSPS) is 11.2. The Morgan fingerprint density at radius 2 is 1.90 bits per heavy atom. The van der Waals surface area contributed by atoms with Crippen LogP contribution in [0.2, 0.25) is 0 Å². The molecule has 11 heteroatoms. The lowest BCUT2D eigenvalue weighted by atomic mass is 10.1. The van der Waals surface area contributed by atoms with E-state index in [1.54, 1.807) is 59.6 Å². The summed E-state index contributed by atoms with van der Waals surface area (Å²) in [5.41, 5.74) is 2.81. The minimum Gasteiger partial charge on any atom is -0.371 e. The number of nitrogens with zero attached hydrogens (tertiary/aromatic N) is 6. The lowest BCUT2D eigenvalue weighted by molar-refractivity contribution is 0.488. The van der Waals surface area contributed by atoms with Crippen molar-refractivity contribution in [3.05, 3.63) is 66.6 Å². The van der Waals surface area contributed by atoms with E-state index in [0.29, 0.717) is 28.3 Å². The average molecular weight is 421 g/mol. The summed E-state index contributed by atoms with van der Waals surface area (Å²) in [7, 11) is -2.32. The summed E-state index contributed by atoms with van der Waals surface area (Å²) in [5.74, 6) is 0.614. The molecule has 0 saturated heterocycles. The van der Waals surface area contributed by atoms with Gasteiger partial charge in [-0.15, -0.1) is 0 Å². The third kappa shape index (κ3) is 3.77. The maximum Gasteiger partial charge on any atom is 0.380 e. The van der Waals surface area contributed by atoms with E-state index in [0.717, 1.165) is 5.52 Å². The number of rotatable bonds is 5. The van der Waals surface area contributed by atoms with Crippen LogP contribution in [0.1, 0.15) is 5.56 Å². The fraction of sp³-hybridized carbons (Fsp3) is 0.0526. The second-order valence-corrected chi connectivity index (χ2v) is 7.39. The lowest BCUT2D eigenvalue weighted by Crippen LogP contribution is -2.25. The summed E-state index contributed by atoms with van der Waals surface area (Å²) in [6, 6.07) is 15.2. The van der Waals surface area contributed by atoms with Crippen LogP contribution in [0.3, 0.4) is 0 Å². The number of pyridine rings is 2. The monoisotopic (exact) mass is 421 g/mol. The first-order valence-electron chi connectivity index (χ1n) is 8.61. The summed E-state index contributed by atoms with van der Waals surface area (Å²) in [4.78, 5) is 13.3. The molecule has 0 aliphatic carbocycles. The number of fused-ring (bicyclic) bond motifs is 1. The molecule has 10 nitrogen and oxygen atoms in total. The minimum atomic E-state index is -4.12. The van der Waals surface area contributed by atoms with Crippen LogP contribution < -0.4 is 14.3 Å². The zero-order valence-corrected chi connectivity index (χ0v) is 16.5. The molecule has 2 N–H and O–H groups in total. The maximum atomic E-state index is 11.1. The number of hydrogen-bond donors (Lipinski definition) is 1. The van der Waals surface area contributed by atoms with E-state index in [-0.39, 0.29) is 5.75 Å². The van der Waals surface area contributed by atoms with Crippen molar-refractivity contribution in [3.8, 4) is 23.1 Å². The Morgan fingerprint density at radius 1 is 1.13 bits per heavy atom. The van der Waals surface area contributed by atoms with Crippen LogP contribution in [0, 0.1) is 11.3 Å². The van der Waals surface area contributed by atoms with Crippen LogP contribution in [0.5, 0.6) is 5.75 Å². The van der Waals surface area contributed by atoms with Gasteiger partial charge in [-0.2, -0.15) is 18.8 Å². The average Bonchev–Trinajstić information content (AvgIpc) is 3.16. The van der Waals surface area contributed by atoms with E-state index in [9.17, 15) is 13.7 Å². The molecule has 4 aromatic rings. The predicted molar refractivity (Wildman–Crippen MR) is 109 cm³/mol. The van der Waals surface area contributed by atoms with Gasteiger partial charge in [0.05, 0.1) is 11.3 Å². The maximum absolute atomic E-state index is 11.1. The molecule has 0 radical (unpaired) electrons. The van der Waals surface area contributed by atoms with Gasteiger partial charge in [-0.25, -0.2) is 19.6 Å². The van der Waals surface area contributed by atoms with E-state index in [1.165, 1.54) is 12.1 Å². The van der Waals surface area contributed by atoms with Crippen LogP contribution in [0.25, 0.3) is 22.4 Å². The summed E-state index contributed by atoms with van der Waals surface area (Å²) >= 11 is 0. The van der Waals surface area contributed by atoms with Gasteiger partial charge in [0.2, 0.25) is 0 Å². The molecule has 0 spiro atoms. The van der Waals surface area contributed by atoms with Crippen molar-refractivity contribution >= 4 is 27.3 Å². The van der Waals surface area contributed by atoms with E-state index in [4.69, 9.17) is 5.14 Å². The van der Waals surface area contributed by atoms with Gasteiger partial charge in [0.1, 0.15) is 29.5 Å². The van der Waals surface area contributed by atoms with E-state index < -0.39 is 10.3 Å². The number of anilines is 1. The molecule has 0 bridgehead atoms. The van der Waals surface area contributed by atoms with Crippen molar-refractivity contribution in [2.75, 3.05) is 12.1 Å². The van der Waals surface area contributed by atoms with Gasteiger partial charge in [0, 0.05) is 18.8 Å². The largest absolute Gasteiger partial charge is 0.380 e. The van der Waals surface area contributed by atoms with Crippen LogP contribution in [0.4, 0.5) is 5.82 Å². The number of aromatic nitrogens is 4. The molecule has 3 heterocycles. The summed E-state index contributed by atoms with van der Waals surface area (Å²) < 4.78 is 28.5. The Labute approximate surface area is 172 Å². The van der Waals surface area contributed by atoms with Gasteiger partial charge >= 0.3 is 10.3 Å².